The number of aryl methyl sites for hydroxylation is 1. The zero-order valence-corrected chi connectivity index (χ0v) is 20.9. The van der Waals surface area contributed by atoms with Gasteiger partial charge in [0.05, 0.1) is 11.7 Å². The van der Waals surface area contributed by atoms with Gasteiger partial charge in [-0.25, -0.2) is 9.55 Å². The van der Waals surface area contributed by atoms with Crippen molar-refractivity contribution >= 4 is 67.9 Å². The van der Waals surface area contributed by atoms with Crippen molar-refractivity contribution in [3.8, 4) is 0 Å². The molecule has 2 aliphatic rings. The number of nitrogens with one attached hydrogen (secondary N) is 1. The Balaban J connectivity index is 1.37. The summed E-state index contributed by atoms with van der Waals surface area (Å²) in [6, 6.07) is -0.935. The average Bonchev–Trinajstić information content (AvgIpc) is 3.54. The first-order valence-electron chi connectivity index (χ1n) is 10.3. The quantitative estimate of drug-likeness (QED) is 0.171. The number of carbonyl (C=O) groups is 3. The molecular weight excluding hydrogens is 514 g/mol. The minimum Gasteiger partial charge on any atom is -0.543 e. The highest BCUT2D eigenvalue weighted by molar-refractivity contribution is 8.00. The number of β-lactam (4-membered cyclic amide) rings is 1. The number of anilines is 1. The average molecular weight is 534 g/mol. The number of hydrogen-bond acceptors (Lipinski definition) is 11. The second-order valence-corrected chi connectivity index (χ2v) is 10.6. The van der Waals surface area contributed by atoms with E-state index in [1.165, 1.54) is 23.8 Å². The number of aliphatic carboxylic acids is 1. The van der Waals surface area contributed by atoms with E-state index in [9.17, 15) is 19.5 Å². The number of imidazole rings is 1. The molecule has 2 aliphatic heterocycles. The van der Waals surface area contributed by atoms with E-state index in [2.05, 4.69) is 15.5 Å². The summed E-state index contributed by atoms with van der Waals surface area (Å²) < 4.78 is 3.91. The lowest BCUT2D eigenvalue weighted by molar-refractivity contribution is -0.508. The van der Waals surface area contributed by atoms with Gasteiger partial charge in [0.25, 0.3) is 11.8 Å². The molecule has 1 saturated heterocycles. The van der Waals surface area contributed by atoms with Gasteiger partial charge in [0.15, 0.2) is 16.5 Å². The molecule has 0 bridgehead atoms. The molecule has 0 unspecified atom stereocenters. The van der Waals surface area contributed by atoms with Crippen LogP contribution in [0.1, 0.15) is 11.4 Å². The number of hydrogen-bond donors (Lipinski definition) is 2. The van der Waals surface area contributed by atoms with Crippen molar-refractivity contribution in [1.29, 1.82) is 0 Å². The van der Waals surface area contributed by atoms with Crippen LogP contribution in [0.15, 0.2) is 39.7 Å². The Hall–Kier alpha value is -3.43. The maximum Gasteiger partial charge on any atom is 0.276 e. The maximum absolute atomic E-state index is 13.0. The second-order valence-electron chi connectivity index (χ2n) is 7.74. The smallest absolute Gasteiger partial charge is 0.276 e. The predicted molar refractivity (Wildman–Crippen MR) is 127 cm³/mol. The van der Waals surface area contributed by atoms with Gasteiger partial charge in [-0.2, -0.15) is 4.40 Å². The molecule has 182 valence electrons. The first kappa shape index (κ1) is 23.3. The Bertz CT molecular complexity index is 1420. The maximum atomic E-state index is 13.0. The van der Waals surface area contributed by atoms with Crippen LogP contribution in [0.4, 0.5) is 5.13 Å². The summed E-state index contributed by atoms with van der Waals surface area (Å²) in [4.78, 5) is 49.0. The van der Waals surface area contributed by atoms with Gasteiger partial charge in [0.2, 0.25) is 11.2 Å². The Kier molecular flexibility index (Phi) is 5.98. The lowest BCUT2D eigenvalue weighted by atomic mass is 10.0. The SMILES string of the molecule is CO/N=C(\C(=O)N[C@@H]1C(=O)N2C(C(=O)[O-])=C(Cn3c[n+]4ccsc4c3C)CS[C@H]12)c1csc(N)n1. The van der Waals surface area contributed by atoms with E-state index in [0.29, 0.717) is 17.9 Å². The third kappa shape index (κ3) is 3.94. The number of carboxylic acid groups (broad SMARTS) is 1. The summed E-state index contributed by atoms with van der Waals surface area (Å²) >= 11 is 4.09. The number of rotatable bonds is 7. The molecule has 35 heavy (non-hydrogen) atoms. The molecule has 0 spiro atoms. The lowest BCUT2D eigenvalue weighted by Gasteiger charge is -2.50. The molecule has 3 N–H and O–H groups in total. The molecule has 12 nitrogen and oxygen atoms in total. The van der Waals surface area contributed by atoms with Gasteiger partial charge in [-0.1, -0.05) is 16.5 Å². The minimum absolute atomic E-state index is 0.135. The first-order chi connectivity index (χ1) is 16.8. The van der Waals surface area contributed by atoms with Crippen molar-refractivity contribution in [2.45, 2.75) is 24.9 Å². The van der Waals surface area contributed by atoms with E-state index in [1.807, 2.05) is 33.8 Å². The van der Waals surface area contributed by atoms with Crippen molar-refractivity contribution in [3.63, 3.8) is 0 Å². The van der Waals surface area contributed by atoms with E-state index < -0.39 is 29.2 Å². The van der Waals surface area contributed by atoms with Gasteiger partial charge in [0.1, 0.15) is 37.0 Å². The molecule has 5 heterocycles. The van der Waals surface area contributed by atoms with E-state index in [-0.39, 0.29) is 22.2 Å². The summed E-state index contributed by atoms with van der Waals surface area (Å²) in [7, 11) is 1.28. The summed E-state index contributed by atoms with van der Waals surface area (Å²) in [5.74, 6) is -2.29. The molecule has 0 radical (unpaired) electrons. The summed E-state index contributed by atoms with van der Waals surface area (Å²) in [6.07, 6.45) is 3.82. The highest BCUT2D eigenvalue weighted by Crippen LogP contribution is 2.40. The van der Waals surface area contributed by atoms with Crippen LogP contribution in [0.2, 0.25) is 0 Å². The zero-order chi connectivity index (χ0) is 24.9. The summed E-state index contributed by atoms with van der Waals surface area (Å²) in [6.45, 7) is 2.26. The van der Waals surface area contributed by atoms with Gasteiger partial charge in [0, 0.05) is 29.0 Å². The lowest BCUT2D eigenvalue weighted by Crippen LogP contribution is -2.71. The number of nitrogens with two attached hydrogens (primary N) is 1. The second kappa shape index (κ2) is 8.98. The molecule has 0 aliphatic carbocycles. The number of carboxylic acids is 1. The van der Waals surface area contributed by atoms with Crippen LogP contribution in [0.3, 0.4) is 0 Å². The van der Waals surface area contributed by atoms with E-state index in [1.54, 1.807) is 16.7 Å². The number of carbonyl (C=O) groups excluding carboxylic acids is 3. The summed E-state index contributed by atoms with van der Waals surface area (Å²) in [5, 5.41) is 21.6. The van der Waals surface area contributed by atoms with Gasteiger partial charge in [-0.05, 0) is 0 Å². The van der Waals surface area contributed by atoms with E-state index in [4.69, 9.17) is 10.6 Å². The van der Waals surface area contributed by atoms with Gasteiger partial charge >= 0.3 is 0 Å². The summed E-state index contributed by atoms with van der Waals surface area (Å²) in [5.41, 5.74) is 7.13. The van der Waals surface area contributed by atoms with Crippen LogP contribution >= 0.6 is 34.4 Å². The molecule has 1 fully saturated rings. The van der Waals surface area contributed by atoms with Crippen molar-refractivity contribution in [2.24, 2.45) is 5.16 Å². The molecule has 3 aromatic heterocycles. The van der Waals surface area contributed by atoms with Gasteiger partial charge < -0.3 is 25.8 Å². The highest BCUT2D eigenvalue weighted by atomic mass is 32.2. The van der Waals surface area contributed by atoms with Crippen molar-refractivity contribution in [1.82, 2.24) is 19.8 Å². The number of thioether (sulfide) groups is 1. The van der Waals surface area contributed by atoms with Gasteiger partial charge in [-0.15, -0.1) is 23.1 Å². The standard InChI is InChI=1S/C20H19N7O5S3/c1-9-17-25(3-4-33-17)8-26(9)5-10-6-34-18-13(16(29)27(18)14(10)19(30)31)23-15(28)12(24-32-2)11-7-35-20(21)22-11/h3-4,7-8,13,18H,5-6H2,1-2H3,(H3-,21,22,23,28,30,31)/b24-12-/t13-,18-/m1/s1. The van der Waals surface area contributed by atoms with Crippen LogP contribution in [-0.2, 0) is 25.8 Å². The number of fused-ring (bicyclic) bond motifs is 2. The Morgan fingerprint density at radius 2 is 2.23 bits per heavy atom. The predicted octanol–water partition coefficient (Wildman–Crippen LogP) is -0.910. The Morgan fingerprint density at radius 1 is 1.43 bits per heavy atom. The molecule has 2 amide bonds. The highest BCUT2D eigenvalue weighted by Gasteiger charge is 2.53. The van der Waals surface area contributed by atoms with Crippen molar-refractivity contribution in [2.75, 3.05) is 18.6 Å². The Labute approximate surface area is 210 Å². The largest absolute Gasteiger partial charge is 0.543 e. The number of aromatic nitrogens is 3. The van der Waals surface area contributed by atoms with Gasteiger partial charge in [-0.3, -0.25) is 14.5 Å². The molecular formula is C20H19N7O5S3. The first-order valence-corrected chi connectivity index (χ1v) is 13.1. The fourth-order valence-electron chi connectivity index (χ4n) is 4.07. The van der Waals surface area contributed by atoms with Crippen LogP contribution in [-0.4, -0.2) is 62.2 Å². The molecule has 15 heteroatoms. The van der Waals surface area contributed by atoms with Crippen LogP contribution < -0.4 is 20.6 Å². The van der Waals surface area contributed by atoms with E-state index in [0.717, 1.165) is 21.9 Å². The molecule has 0 aromatic carbocycles. The molecule has 0 saturated carbocycles. The Morgan fingerprint density at radius 3 is 2.89 bits per heavy atom. The number of nitrogen functional groups attached to an aromatic ring is 1. The van der Waals surface area contributed by atoms with Crippen LogP contribution in [0, 0.1) is 6.92 Å². The third-order valence-electron chi connectivity index (χ3n) is 5.69. The fourth-order valence-corrected chi connectivity index (χ4v) is 6.79. The van der Waals surface area contributed by atoms with Crippen molar-refractivity contribution < 1.29 is 28.7 Å². The van der Waals surface area contributed by atoms with E-state index >= 15 is 0 Å². The van der Waals surface area contributed by atoms with Crippen LogP contribution in [0.25, 0.3) is 4.83 Å². The van der Waals surface area contributed by atoms with Crippen molar-refractivity contribution in [3.05, 3.63) is 45.9 Å². The van der Waals surface area contributed by atoms with Crippen LogP contribution in [0.5, 0.6) is 0 Å². The molecule has 5 rings (SSSR count). The fraction of sp³-hybridized carbons (Fsp3) is 0.300. The number of nitrogens with zero attached hydrogens (tertiary/aromatic N) is 5. The topological polar surface area (TPSA) is 159 Å². The number of thiazole rings is 2. The normalized spacial score (nSPS) is 20.1. The third-order valence-corrected chi connectivity index (χ3v) is 8.69. The zero-order valence-electron chi connectivity index (χ0n) is 18.5. The number of amides is 2. The minimum atomic E-state index is -1.43. The molecule has 3 aromatic rings. The molecule has 2 atom stereocenters. The number of oxime groups is 1. The monoisotopic (exact) mass is 533 g/mol.